The van der Waals surface area contributed by atoms with Crippen LogP contribution in [0.15, 0.2) is 97.6 Å². The molecule has 0 fully saturated rings. The largest absolute Gasteiger partial charge is 0.755 e. The third-order valence-corrected chi connectivity index (χ3v) is 8.49. The zero-order chi connectivity index (χ0) is 34.6. The molecule has 0 saturated heterocycles. The Kier molecular flexibility index (Phi) is 14.7. The Morgan fingerprint density at radius 3 is 1.80 bits per heavy atom. The van der Waals surface area contributed by atoms with E-state index in [0.717, 1.165) is 33.2 Å². The summed E-state index contributed by atoms with van der Waals surface area (Å²) in [6, 6.07) is 19.8. The van der Waals surface area contributed by atoms with Crippen molar-refractivity contribution in [1.82, 2.24) is 20.6 Å². The van der Waals surface area contributed by atoms with Crippen LogP contribution in [0.4, 0.5) is 22.7 Å². The molecule has 2 aliphatic heterocycles. The van der Waals surface area contributed by atoms with Crippen molar-refractivity contribution in [3.63, 3.8) is 0 Å². The number of hydrogen-bond donors (Lipinski definition) is 5. The first-order valence-corrected chi connectivity index (χ1v) is 16.6. The van der Waals surface area contributed by atoms with Crippen LogP contribution >= 0.6 is 0 Å². The van der Waals surface area contributed by atoms with Crippen LogP contribution in [0.3, 0.4) is 0 Å². The topological polar surface area (TPSA) is 198 Å². The summed E-state index contributed by atoms with van der Waals surface area (Å²) in [5.41, 5.74) is 4.45. The summed E-state index contributed by atoms with van der Waals surface area (Å²) >= 11 is -2.68. The van der Waals surface area contributed by atoms with E-state index in [4.69, 9.17) is 0 Å². The van der Waals surface area contributed by atoms with Crippen molar-refractivity contribution >= 4 is 57.6 Å². The number of carbonyl (C=O) groups excluding carboxylic acids is 4. The SMILES string of the molecule is O=C(CC1C(=O)Nc2ccccc2N1S(=O)[O-])NCCc1ccncc1.O=C(CC1Nc2ccccc2NC1=O)NCCc1ccncc1.[Ar]. The average molecular weight is 724 g/mol. The number of nitrogens with one attached hydrogen (secondary N) is 5. The molecule has 262 valence electrons. The zero-order valence-corrected chi connectivity index (χ0v) is 28.2. The van der Waals surface area contributed by atoms with Crippen LogP contribution in [0, 0.1) is 37.7 Å². The summed E-state index contributed by atoms with van der Waals surface area (Å²) in [5, 5.41) is 14.1. The molecule has 6 rings (SSSR count). The van der Waals surface area contributed by atoms with E-state index >= 15 is 0 Å². The fraction of sp³-hybridized carbons (Fsp3) is 0.235. The van der Waals surface area contributed by atoms with Crippen LogP contribution < -0.4 is 30.9 Å². The van der Waals surface area contributed by atoms with Gasteiger partial charge in [-0.25, -0.2) is 0 Å². The van der Waals surface area contributed by atoms with E-state index in [2.05, 4.69) is 36.6 Å². The Morgan fingerprint density at radius 2 is 1.22 bits per heavy atom. The third-order valence-electron chi connectivity index (χ3n) is 7.72. The van der Waals surface area contributed by atoms with Crippen LogP contribution in [0.5, 0.6) is 0 Å². The van der Waals surface area contributed by atoms with Crippen LogP contribution in [0.1, 0.15) is 24.0 Å². The van der Waals surface area contributed by atoms with Crippen LogP contribution in [-0.4, -0.2) is 67.5 Å². The standard InChI is InChI=1S/C17H18N4O4S.C17H18N4O2.Ar/c22-16(19-10-7-12-5-8-18-9-6-12)11-15-17(23)20-13-3-1-2-4-14(13)21(15)26(24)25;22-16(19-10-7-12-5-8-18-9-6-12)11-15-17(23)21-14-4-2-1-3-13(14)20-15;/h1-6,8-9,15H,7,10-11H2,(H,19,22)(H,20,23)(H,24,25);1-6,8-9,15,20H,7,10-11H2,(H,19,22)(H,21,23);/p-1. The molecule has 2 aromatic heterocycles. The number of aromatic nitrogens is 2. The maximum absolute atomic E-state index is 12.3. The van der Waals surface area contributed by atoms with E-state index in [1.165, 1.54) is 0 Å². The van der Waals surface area contributed by atoms with Gasteiger partial charge in [0.05, 0.1) is 35.6 Å². The van der Waals surface area contributed by atoms with Gasteiger partial charge in [-0.2, -0.15) is 0 Å². The maximum atomic E-state index is 12.3. The molecule has 4 aromatic rings. The fourth-order valence-electron chi connectivity index (χ4n) is 5.25. The number of rotatable bonds is 11. The number of pyridine rings is 2. The van der Waals surface area contributed by atoms with E-state index in [0.29, 0.717) is 30.9 Å². The number of fused-ring (bicyclic) bond motifs is 2. The van der Waals surface area contributed by atoms with Gasteiger partial charge in [0.25, 0.3) is 0 Å². The first-order valence-electron chi connectivity index (χ1n) is 15.5. The van der Waals surface area contributed by atoms with E-state index in [1.807, 2.05) is 48.5 Å². The quantitative estimate of drug-likeness (QED) is 0.144. The predicted molar refractivity (Wildman–Crippen MR) is 184 cm³/mol. The Labute approximate surface area is 321 Å². The second kappa shape index (κ2) is 19.1. The van der Waals surface area contributed by atoms with E-state index in [-0.39, 0.29) is 62.4 Å². The first-order chi connectivity index (χ1) is 23.8. The zero-order valence-electron chi connectivity index (χ0n) is 26.7. The van der Waals surface area contributed by atoms with E-state index in [1.54, 1.807) is 49.1 Å². The monoisotopic (exact) mass is 723 g/mol. The van der Waals surface area contributed by atoms with Crippen molar-refractivity contribution in [2.45, 2.75) is 37.8 Å². The molecule has 0 aliphatic carbocycles. The van der Waals surface area contributed by atoms with Gasteiger partial charge >= 0.3 is 0 Å². The summed E-state index contributed by atoms with van der Waals surface area (Å²) in [6.07, 6.45) is 7.99. The van der Waals surface area contributed by atoms with E-state index < -0.39 is 35.2 Å². The maximum Gasteiger partial charge on any atom is 0.248 e. The van der Waals surface area contributed by atoms with Crippen LogP contribution in [-0.2, 0) is 43.3 Å². The Balaban J connectivity index is 0.000000222. The molecule has 4 amide bonds. The Morgan fingerprint density at radius 1 is 0.720 bits per heavy atom. The van der Waals surface area contributed by atoms with E-state index in [9.17, 15) is 27.9 Å². The molecule has 0 radical (unpaired) electrons. The molecule has 3 atom stereocenters. The minimum atomic E-state index is -2.68. The molecule has 0 bridgehead atoms. The number of anilines is 4. The van der Waals surface area contributed by atoms with Gasteiger partial charge in [0.1, 0.15) is 12.1 Å². The van der Waals surface area contributed by atoms with Gasteiger partial charge in [0.15, 0.2) is 0 Å². The smallest absolute Gasteiger partial charge is 0.248 e. The molecule has 0 spiro atoms. The summed E-state index contributed by atoms with van der Waals surface area (Å²) in [4.78, 5) is 56.4. The molecule has 5 N–H and O–H groups in total. The number of nitrogens with zero attached hydrogens (tertiary/aromatic N) is 3. The molecule has 2 aromatic carbocycles. The molecule has 3 unspecified atom stereocenters. The molecule has 0 saturated carbocycles. The van der Waals surface area contributed by atoms with Crippen LogP contribution in [0.2, 0.25) is 0 Å². The van der Waals surface area contributed by atoms with Gasteiger partial charge in [0, 0.05) is 86.9 Å². The molecule has 2 aliphatic rings. The van der Waals surface area contributed by atoms with Gasteiger partial charge in [-0.1, -0.05) is 24.3 Å². The van der Waals surface area contributed by atoms with Crippen molar-refractivity contribution < 1.29 is 65.7 Å². The van der Waals surface area contributed by atoms with Gasteiger partial charge in [-0.05, 0) is 72.5 Å². The summed E-state index contributed by atoms with van der Waals surface area (Å²) < 4.78 is 24.3. The minimum absolute atomic E-state index is 0. The molecule has 16 heteroatoms. The van der Waals surface area contributed by atoms with Crippen LogP contribution in [0.25, 0.3) is 0 Å². The second-order valence-corrected chi connectivity index (χ2v) is 11.9. The Bertz CT molecular complexity index is 1800. The molecule has 50 heavy (non-hydrogen) atoms. The number of amides is 4. The van der Waals surface area contributed by atoms with Crippen molar-refractivity contribution in [2.24, 2.45) is 0 Å². The second-order valence-electron chi connectivity index (χ2n) is 11.1. The van der Waals surface area contributed by atoms with Crippen molar-refractivity contribution in [2.75, 3.05) is 33.3 Å². The third kappa shape index (κ3) is 10.8. The van der Waals surface area contributed by atoms with Crippen molar-refractivity contribution in [3.8, 4) is 0 Å². The number of hydrogen-bond acceptors (Lipinski definition) is 9. The summed E-state index contributed by atoms with van der Waals surface area (Å²) in [5.74, 6) is -1.26. The fourth-order valence-corrected chi connectivity index (χ4v) is 5.95. The normalized spacial score (nSPS) is 16.3. The van der Waals surface area contributed by atoms with Gasteiger partial charge in [-0.3, -0.25) is 37.7 Å². The van der Waals surface area contributed by atoms with Crippen molar-refractivity contribution in [1.29, 1.82) is 0 Å². The number of para-hydroxylation sites is 4. The minimum Gasteiger partial charge on any atom is -0.755 e. The molecule has 4 heterocycles. The summed E-state index contributed by atoms with van der Waals surface area (Å²) in [6.45, 7) is 0.919. The molecule has 14 nitrogen and oxygen atoms in total. The first kappa shape index (κ1) is 38.4. The number of carbonyl (C=O) groups is 4. The molecular formula is C34H35ArN8O6S-. The average Bonchev–Trinajstić information content (AvgIpc) is 3.10. The molecular weight excluding hydrogens is 688 g/mol. The van der Waals surface area contributed by atoms with Gasteiger partial charge in [0.2, 0.25) is 23.6 Å². The number of benzene rings is 2. The summed E-state index contributed by atoms with van der Waals surface area (Å²) in [7, 11) is 0. The Hall–Kier alpha value is -4.41. The predicted octanol–water partition coefficient (Wildman–Crippen LogP) is 2.31. The van der Waals surface area contributed by atoms with Gasteiger partial charge < -0.3 is 31.1 Å². The van der Waals surface area contributed by atoms with Gasteiger partial charge in [-0.15, -0.1) is 0 Å². The van der Waals surface area contributed by atoms with Crippen molar-refractivity contribution in [3.05, 3.63) is 109 Å².